The van der Waals surface area contributed by atoms with Crippen molar-refractivity contribution in [3.05, 3.63) is 35.9 Å². The number of hydrogen-bond donors (Lipinski definition) is 1. The third-order valence-corrected chi connectivity index (χ3v) is 3.38. The smallest absolute Gasteiger partial charge is 0.333 e. The molecule has 0 aromatic heterocycles. The first-order chi connectivity index (χ1) is 8.80. The molecule has 1 aromatic carbocycles. The highest BCUT2D eigenvalue weighted by Crippen LogP contribution is 2.37. The number of oxime groups is 1. The second-order valence-electron chi connectivity index (χ2n) is 4.88. The molecule has 0 saturated carbocycles. The van der Waals surface area contributed by atoms with Crippen LogP contribution in [0.15, 0.2) is 35.5 Å². The van der Waals surface area contributed by atoms with Gasteiger partial charge in [-0.25, -0.2) is 5.14 Å². The van der Waals surface area contributed by atoms with Crippen molar-refractivity contribution in [1.82, 2.24) is 0 Å². The van der Waals surface area contributed by atoms with Gasteiger partial charge in [-0.15, -0.1) is 0 Å². The highest BCUT2D eigenvalue weighted by Gasteiger charge is 2.42. The molecule has 1 aromatic rings. The SMILES string of the molecule is CC1(C)ON=C(COS(N)(=O)=O)C1c1ccccc1. The first kappa shape index (κ1) is 14.0. The van der Waals surface area contributed by atoms with E-state index >= 15 is 0 Å². The van der Waals surface area contributed by atoms with Crippen LogP contribution in [0.5, 0.6) is 0 Å². The summed E-state index contributed by atoms with van der Waals surface area (Å²) in [5.41, 5.74) is 0.935. The number of rotatable bonds is 4. The minimum absolute atomic E-state index is 0.171. The summed E-state index contributed by atoms with van der Waals surface area (Å²) < 4.78 is 26.3. The van der Waals surface area contributed by atoms with Crippen LogP contribution in [-0.4, -0.2) is 26.3 Å². The van der Waals surface area contributed by atoms with Crippen LogP contribution in [0.3, 0.4) is 0 Å². The van der Waals surface area contributed by atoms with Crippen molar-refractivity contribution in [2.45, 2.75) is 25.4 Å². The lowest BCUT2D eigenvalue weighted by Crippen LogP contribution is -2.33. The monoisotopic (exact) mass is 284 g/mol. The zero-order valence-corrected chi connectivity index (χ0v) is 11.6. The molecule has 1 aliphatic heterocycles. The van der Waals surface area contributed by atoms with Gasteiger partial charge in [-0.05, 0) is 19.4 Å². The molecule has 0 aliphatic carbocycles. The van der Waals surface area contributed by atoms with Crippen molar-refractivity contribution >= 4 is 16.0 Å². The van der Waals surface area contributed by atoms with E-state index in [4.69, 9.17) is 9.98 Å². The minimum atomic E-state index is -3.99. The molecule has 0 saturated heterocycles. The first-order valence-electron chi connectivity index (χ1n) is 5.76. The summed E-state index contributed by atoms with van der Waals surface area (Å²) >= 11 is 0. The molecule has 19 heavy (non-hydrogen) atoms. The predicted molar refractivity (Wildman–Crippen MR) is 70.8 cm³/mol. The van der Waals surface area contributed by atoms with E-state index in [9.17, 15) is 8.42 Å². The van der Waals surface area contributed by atoms with Gasteiger partial charge >= 0.3 is 10.3 Å². The Kier molecular flexibility index (Phi) is 3.62. The van der Waals surface area contributed by atoms with Crippen molar-refractivity contribution in [2.24, 2.45) is 10.3 Å². The Balaban J connectivity index is 2.24. The van der Waals surface area contributed by atoms with Crippen molar-refractivity contribution in [2.75, 3.05) is 6.61 Å². The molecule has 0 bridgehead atoms. The zero-order chi connectivity index (χ0) is 14.1. The Hall–Kier alpha value is -1.44. The van der Waals surface area contributed by atoms with Crippen LogP contribution < -0.4 is 5.14 Å². The molecular weight excluding hydrogens is 268 g/mol. The standard InChI is InChI=1S/C12H16N2O4S/c1-12(2)11(9-6-4-3-5-7-9)10(14-18-12)8-17-19(13,15)16/h3-7,11H,8H2,1-2H3,(H2,13,15,16). The average molecular weight is 284 g/mol. The second kappa shape index (κ2) is 4.92. The van der Waals surface area contributed by atoms with Gasteiger partial charge in [0.25, 0.3) is 0 Å². The van der Waals surface area contributed by atoms with Crippen molar-refractivity contribution in [1.29, 1.82) is 0 Å². The van der Waals surface area contributed by atoms with Crippen LogP contribution >= 0.6 is 0 Å². The summed E-state index contributed by atoms with van der Waals surface area (Å²) in [6.45, 7) is 3.57. The van der Waals surface area contributed by atoms with Crippen LogP contribution in [0.25, 0.3) is 0 Å². The largest absolute Gasteiger partial charge is 0.389 e. The van der Waals surface area contributed by atoms with E-state index in [1.54, 1.807) is 0 Å². The molecule has 7 heteroatoms. The average Bonchev–Trinajstić information content (AvgIpc) is 2.62. The maximum absolute atomic E-state index is 10.9. The summed E-state index contributed by atoms with van der Waals surface area (Å²) in [7, 11) is -3.99. The second-order valence-corrected chi connectivity index (χ2v) is 6.10. The lowest BCUT2D eigenvalue weighted by Gasteiger charge is -2.25. The molecule has 0 spiro atoms. The molecule has 1 aliphatic rings. The van der Waals surface area contributed by atoms with E-state index in [1.807, 2.05) is 44.2 Å². The summed E-state index contributed by atoms with van der Waals surface area (Å²) in [4.78, 5) is 5.36. The summed E-state index contributed by atoms with van der Waals surface area (Å²) in [5.74, 6) is -0.171. The van der Waals surface area contributed by atoms with Gasteiger partial charge in [-0.3, -0.25) is 4.18 Å². The number of benzene rings is 1. The summed E-state index contributed by atoms with van der Waals surface area (Å²) in [6.07, 6.45) is 0. The quantitative estimate of drug-likeness (QED) is 0.898. The molecule has 0 radical (unpaired) electrons. The Morgan fingerprint density at radius 1 is 1.37 bits per heavy atom. The van der Waals surface area contributed by atoms with Gasteiger partial charge in [0.1, 0.15) is 12.2 Å². The normalized spacial score (nSPS) is 21.8. The van der Waals surface area contributed by atoms with Gasteiger partial charge in [-0.2, -0.15) is 8.42 Å². The Morgan fingerprint density at radius 2 is 2.00 bits per heavy atom. The fourth-order valence-electron chi connectivity index (χ4n) is 2.17. The van der Waals surface area contributed by atoms with Crippen LogP contribution in [0.2, 0.25) is 0 Å². The third kappa shape index (κ3) is 3.31. The van der Waals surface area contributed by atoms with Crippen LogP contribution in [0, 0.1) is 0 Å². The lowest BCUT2D eigenvalue weighted by molar-refractivity contribution is 0.00188. The Labute approximate surface area is 112 Å². The van der Waals surface area contributed by atoms with Crippen molar-refractivity contribution in [3.8, 4) is 0 Å². The lowest BCUT2D eigenvalue weighted by atomic mass is 9.82. The van der Waals surface area contributed by atoms with Gasteiger partial charge in [0, 0.05) is 0 Å². The number of hydrogen-bond acceptors (Lipinski definition) is 5. The Morgan fingerprint density at radius 3 is 2.58 bits per heavy atom. The van der Waals surface area contributed by atoms with Crippen LogP contribution in [0.1, 0.15) is 25.3 Å². The maximum atomic E-state index is 10.9. The molecule has 1 heterocycles. The van der Waals surface area contributed by atoms with E-state index in [-0.39, 0.29) is 12.5 Å². The van der Waals surface area contributed by atoms with Gasteiger partial charge in [0.2, 0.25) is 0 Å². The van der Waals surface area contributed by atoms with E-state index < -0.39 is 15.9 Å². The van der Waals surface area contributed by atoms with Gasteiger partial charge in [0.05, 0.1) is 11.6 Å². The molecule has 0 fully saturated rings. The molecule has 6 nitrogen and oxygen atoms in total. The van der Waals surface area contributed by atoms with Crippen molar-refractivity contribution in [3.63, 3.8) is 0 Å². The van der Waals surface area contributed by atoms with Gasteiger partial charge in [-0.1, -0.05) is 35.5 Å². The third-order valence-electron chi connectivity index (χ3n) is 2.93. The molecule has 2 rings (SSSR count). The molecular formula is C12H16N2O4S. The highest BCUT2D eigenvalue weighted by molar-refractivity contribution is 7.84. The van der Waals surface area contributed by atoms with E-state index in [1.165, 1.54) is 0 Å². The number of nitrogens with zero attached hydrogens (tertiary/aromatic N) is 1. The molecule has 1 atom stereocenters. The minimum Gasteiger partial charge on any atom is -0.389 e. The van der Waals surface area contributed by atoms with Crippen molar-refractivity contribution < 1.29 is 17.4 Å². The molecule has 1 unspecified atom stereocenters. The Bertz CT molecular complexity index is 581. The van der Waals surface area contributed by atoms with Gasteiger partial charge in [0.15, 0.2) is 0 Å². The zero-order valence-electron chi connectivity index (χ0n) is 10.7. The first-order valence-corrected chi connectivity index (χ1v) is 7.24. The molecule has 0 amide bonds. The topological polar surface area (TPSA) is 91.0 Å². The van der Waals surface area contributed by atoms with Gasteiger partial charge < -0.3 is 4.84 Å². The van der Waals surface area contributed by atoms with Crippen LogP contribution in [-0.2, 0) is 19.3 Å². The summed E-state index contributed by atoms with van der Waals surface area (Å²) in [5, 5.41) is 8.74. The maximum Gasteiger partial charge on any atom is 0.333 e. The fourth-order valence-corrected chi connectivity index (χ4v) is 2.46. The summed E-state index contributed by atoms with van der Waals surface area (Å²) in [6, 6.07) is 9.59. The predicted octanol–water partition coefficient (Wildman–Crippen LogP) is 1.16. The number of nitrogens with two attached hydrogens (primary N) is 1. The van der Waals surface area contributed by atoms with E-state index in [0.717, 1.165) is 5.56 Å². The fraction of sp³-hybridized carbons (Fsp3) is 0.417. The van der Waals surface area contributed by atoms with E-state index in [0.29, 0.717) is 5.71 Å². The molecule has 104 valence electrons. The highest BCUT2D eigenvalue weighted by atomic mass is 32.2. The van der Waals surface area contributed by atoms with Crippen LogP contribution in [0.4, 0.5) is 0 Å². The van der Waals surface area contributed by atoms with E-state index in [2.05, 4.69) is 9.34 Å². The molecule has 2 N–H and O–H groups in total.